The van der Waals surface area contributed by atoms with E-state index in [1.165, 1.54) is 25.7 Å². The Morgan fingerprint density at radius 3 is 2.19 bits per heavy atom. The van der Waals surface area contributed by atoms with E-state index in [9.17, 15) is 14.4 Å². The SMILES string of the molecule is O=C(C1CCCCC1)N1CCc2nc3cc(C4CCCN(C(=O)C5CCCCC5)C4)[nH]n3c(=O)c2C1. The minimum Gasteiger partial charge on any atom is -0.342 e. The van der Waals surface area contributed by atoms with Crippen LogP contribution in [0.15, 0.2) is 10.9 Å². The number of rotatable bonds is 3. The molecule has 3 fully saturated rings. The van der Waals surface area contributed by atoms with Crippen LogP contribution in [0.5, 0.6) is 0 Å². The van der Waals surface area contributed by atoms with Crippen LogP contribution in [-0.2, 0) is 22.6 Å². The lowest BCUT2D eigenvalue weighted by Crippen LogP contribution is -2.43. The number of piperidine rings is 1. The number of aromatic amines is 1. The number of hydrogen-bond acceptors (Lipinski definition) is 4. The predicted molar refractivity (Wildman–Crippen MR) is 137 cm³/mol. The quantitative estimate of drug-likeness (QED) is 0.705. The van der Waals surface area contributed by atoms with Crippen molar-refractivity contribution in [2.24, 2.45) is 11.8 Å². The van der Waals surface area contributed by atoms with Gasteiger partial charge in [0.2, 0.25) is 11.8 Å². The van der Waals surface area contributed by atoms with Crippen molar-refractivity contribution >= 4 is 17.5 Å². The summed E-state index contributed by atoms with van der Waals surface area (Å²) >= 11 is 0. The third kappa shape index (κ3) is 4.48. The van der Waals surface area contributed by atoms with Gasteiger partial charge in [-0.1, -0.05) is 38.5 Å². The van der Waals surface area contributed by atoms with Gasteiger partial charge in [-0.15, -0.1) is 0 Å². The van der Waals surface area contributed by atoms with Gasteiger partial charge < -0.3 is 9.80 Å². The summed E-state index contributed by atoms with van der Waals surface area (Å²) in [6, 6.07) is 2.00. The van der Waals surface area contributed by atoms with Crippen LogP contribution in [0.1, 0.15) is 99.9 Å². The summed E-state index contributed by atoms with van der Waals surface area (Å²) in [5, 5.41) is 3.33. The van der Waals surface area contributed by atoms with E-state index in [4.69, 9.17) is 4.98 Å². The summed E-state index contributed by atoms with van der Waals surface area (Å²) in [6.07, 6.45) is 13.7. The summed E-state index contributed by atoms with van der Waals surface area (Å²) < 4.78 is 1.56. The van der Waals surface area contributed by atoms with E-state index in [0.717, 1.165) is 69.3 Å². The monoisotopic (exact) mass is 493 g/mol. The van der Waals surface area contributed by atoms with Crippen molar-refractivity contribution in [2.75, 3.05) is 19.6 Å². The lowest BCUT2D eigenvalue weighted by Gasteiger charge is -2.35. The molecule has 4 heterocycles. The van der Waals surface area contributed by atoms with Gasteiger partial charge in [-0.2, -0.15) is 0 Å². The summed E-state index contributed by atoms with van der Waals surface area (Å²) in [5.41, 5.74) is 3.02. The molecular weight excluding hydrogens is 454 g/mol. The molecule has 8 nitrogen and oxygen atoms in total. The summed E-state index contributed by atoms with van der Waals surface area (Å²) in [5.74, 6) is 1.03. The molecule has 2 amide bonds. The fourth-order valence-electron chi connectivity index (χ4n) is 7.04. The Balaban J connectivity index is 1.20. The molecule has 1 saturated heterocycles. The summed E-state index contributed by atoms with van der Waals surface area (Å²) in [7, 11) is 0. The highest BCUT2D eigenvalue weighted by molar-refractivity contribution is 5.79. The minimum atomic E-state index is -0.0895. The van der Waals surface area contributed by atoms with Gasteiger partial charge in [-0.05, 0) is 38.5 Å². The topological polar surface area (TPSA) is 90.8 Å². The van der Waals surface area contributed by atoms with Gasteiger partial charge in [0.05, 0.1) is 17.8 Å². The highest BCUT2D eigenvalue weighted by atomic mass is 16.2. The molecule has 1 atom stereocenters. The molecule has 2 aliphatic heterocycles. The lowest BCUT2D eigenvalue weighted by molar-refractivity contribution is -0.138. The molecule has 4 aliphatic rings. The Hall–Kier alpha value is -2.64. The highest BCUT2D eigenvalue weighted by Crippen LogP contribution is 2.31. The van der Waals surface area contributed by atoms with Gasteiger partial charge >= 0.3 is 0 Å². The number of H-pyrrole nitrogens is 1. The van der Waals surface area contributed by atoms with Crippen LogP contribution in [0.25, 0.3) is 5.65 Å². The Morgan fingerprint density at radius 2 is 1.50 bits per heavy atom. The Morgan fingerprint density at radius 1 is 0.833 bits per heavy atom. The van der Waals surface area contributed by atoms with Crippen LogP contribution >= 0.6 is 0 Å². The van der Waals surface area contributed by atoms with Gasteiger partial charge in [0.1, 0.15) is 0 Å². The maximum atomic E-state index is 13.5. The van der Waals surface area contributed by atoms with Gasteiger partial charge in [-0.3, -0.25) is 19.5 Å². The van der Waals surface area contributed by atoms with E-state index in [1.54, 1.807) is 4.52 Å². The highest BCUT2D eigenvalue weighted by Gasteiger charge is 2.33. The molecular formula is C28H39N5O3. The number of aromatic nitrogens is 3. The van der Waals surface area contributed by atoms with Gasteiger partial charge in [0.15, 0.2) is 5.65 Å². The molecule has 0 aromatic carbocycles. The van der Waals surface area contributed by atoms with Crippen molar-refractivity contribution in [1.82, 2.24) is 24.4 Å². The van der Waals surface area contributed by atoms with E-state index in [1.807, 2.05) is 11.0 Å². The van der Waals surface area contributed by atoms with Crippen molar-refractivity contribution in [1.29, 1.82) is 0 Å². The standard InChI is InChI=1S/C28H39N5O3/c34-26(19-8-3-1-4-9-19)31-14-7-12-21(17-31)24-16-25-29-23-13-15-32(18-22(23)28(36)33(25)30-24)27(35)20-10-5-2-6-11-20/h16,19-21,30H,1-15,17-18H2. The van der Waals surface area contributed by atoms with Crippen LogP contribution in [0.3, 0.4) is 0 Å². The number of likely N-dealkylation sites (tertiary alicyclic amines) is 1. The zero-order valence-electron chi connectivity index (χ0n) is 21.3. The Bertz CT molecular complexity index is 1190. The molecule has 194 valence electrons. The molecule has 6 rings (SSSR count). The van der Waals surface area contributed by atoms with Crippen LogP contribution in [0.2, 0.25) is 0 Å². The first-order valence-corrected chi connectivity index (χ1v) is 14.3. The fraction of sp³-hybridized carbons (Fsp3) is 0.714. The van der Waals surface area contributed by atoms with E-state index in [2.05, 4.69) is 10.00 Å². The number of amides is 2. The van der Waals surface area contributed by atoms with Crippen LogP contribution in [-0.4, -0.2) is 55.8 Å². The molecule has 8 heteroatoms. The average molecular weight is 494 g/mol. The number of fused-ring (bicyclic) bond motifs is 2. The van der Waals surface area contributed by atoms with E-state index < -0.39 is 0 Å². The van der Waals surface area contributed by atoms with E-state index in [-0.39, 0.29) is 29.2 Å². The first kappa shape index (κ1) is 23.7. The van der Waals surface area contributed by atoms with E-state index in [0.29, 0.717) is 43.2 Å². The maximum absolute atomic E-state index is 13.5. The molecule has 1 unspecified atom stereocenters. The molecule has 0 radical (unpaired) electrons. The largest absolute Gasteiger partial charge is 0.342 e. The Kier molecular flexibility index (Phi) is 6.61. The second kappa shape index (κ2) is 10.0. The van der Waals surface area contributed by atoms with Crippen molar-refractivity contribution in [3.8, 4) is 0 Å². The van der Waals surface area contributed by atoms with Crippen molar-refractivity contribution in [3.05, 3.63) is 33.4 Å². The smallest absolute Gasteiger partial charge is 0.277 e. The van der Waals surface area contributed by atoms with Crippen molar-refractivity contribution < 1.29 is 9.59 Å². The van der Waals surface area contributed by atoms with Crippen LogP contribution in [0.4, 0.5) is 0 Å². The second-order valence-corrected chi connectivity index (χ2v) is 11.6. The molecule has 2 saturated carbocycles. The second-order valence-electron chi connectivity index (χ2n) is 11.6. The first-order valence-electron chi connectivity index (χ1n) is 14.3. The lowest BCUT2D eigenvalue weighted by atomic mass is 9.87. The molecule has 2 aliphatic carbocycles. The van der Waals surface area contributed by atoms with E-state index >= 15 is 0 Å². The maximum Gasteiger partial charge on any atom is 0.277 e. The predicted octanol–water partition coefficient (Wildman–Crippen LogP) is 3.77. The molecule has 2 aromatic rings. The van der Waals surface area contributed by atoms with Gasteiger partial charge in [-0.25, -0.2) is 9.50 Å². The third-order valence-corrected chi connectivity index (χ3v) is 9.17. The number of hydrogen-bond donors (Lipinski definition) is 1. The zero-order valence-corrected chi connectivity index (χ0v) is 21.3. The molecule has 2 aromatic heterocycles. The van der Waals surface area contributed by atoms with Crippen molar-refractivity contribution in [2.45, 2.75) is 95.9 Å². The number of carbonyl (C=O) groups is 2. The number of nitrogens with zero attached hydrogens (tertiary/aromatic N) is 4. The van der Waals surface area contributed by atoms with Gasteiger partial charge in [0.25, 0.3) is 5.56 Å². The average Bonchev–Trinajstić information content (AvgIpc) is 3.38. The van der Waals surface area contributed by atoms with Crippen LogP contribution < -0.4 is 5.56 Å². The van der Waals surface area contributed by atoms with Crippen LogP contribution in [0, 0.1) is 11.8 Å². The fourth-order valence-corrected chi connectivity index (χ4v) is 7.04. The third-order valence-electron chi connectivity index (χ3n) is 9.17. The number of nitrogens with one attached hydrogen (secondary N) is 1. The minimum absolute atomic E-state index is 0.0895. The summed E-state index contributed by atoms with van der Waals surface area (Å²) in [6.45, 7) is 2.55. The molecule has 36 heavy (non-hydrogen) atoms. The molecule has 1 N–H and O–H groups in total. The molecule has 0 spiro atoms. The van der Waals surface area contributed by atoms with Gasteiger partial charge in [0, 0.05) is 55.6 Å². The summed E-state index contributed by atoms with van der Waals surface area (Å²) in [4.78, 5) is 48.5. The Labute approximate surface area is 212 Å². The normalized spacial score (nSPS) is 24.2. The number of carbonyl (C=O) groups excluding carboxylic acids is 2. The molecule has 0 bridgehead atoms. The first-order chi connectivity index (χ1) is 17.6. The van der Waals surface area contributed by atoms with Crippen molar-refractivity contribution in [3.63, 3.8) is 0 Å². The zero-order chi connectivity index (χ0) is 24.6.